The fraction of sp³-hybridized carbons (Fsp3) is 0.420. The average molecular weight is 951 g/mol. The number of aromatic nitrogens is 1. The van der Waals surface area contributed by atoms with Crippen LogP contribution in [0.25, 0.3) is 10.9 Å². The Morgan fingerprint density at radius 3 is 1.77 bits per heavy atom. The number of carbonyl (C=O) groups is 9. The number of H-pyrrole nitrogens is 1. The van der Waals surface area contributed by atoms with E-state index < -0.39 is 120 Å². The highest BCUT2D eigenvalue weighted by atomic mass is 16.4. The number of primary amides is 1. The highest BCUT2D eigenvalue weighted by molar-refractivity contribution is 5.98. The van der Waals surface area contributed by atoms with E-state index in [9.17, 15) is 53.4 Å². The van der Waals surface area contributed by atoms with E-state index in [2.05, 4.69) is 36.9 Å². The predicted octanol–water partition coefficient (Wildman–Crippen LogP) is 2.10. The summed E-state index contributed by atoms with van der Waals surface area (Å²) in [5.41, 5.74) is 10.3. The molecule has 0 unspecified atom stereocenters. The Bertz CT molecular complexity index is 2510. The van der Waals surface area contributed by atoms with Crippen molar-refractivity contribution in [1.29, 1.82) is 0 Å². The first-order valence-electron chi connectivity index (χ1n) is 23.0. The quantitative estimate of drug-likeness (QED) is 0.0514. The van der Waals surface area contributed by atoms with Crippen LogP contribution >= 0.6 is 0 Å². The molecule has 1 heterocycles. The first-order chi connectivity index (χ1) is 32.8. The van der Waals surface area contributed by atoms with Crippen molar-refractivity contribution in [2.75, 3.05) is 0 Å². The van der Waals surface area contributed by atoms with E-state index in [1.165, 1.54) is 6.92 Å². The van der Waals surface area contributed by atoms with E-state index in [0.29, 0.717) is 24.8 Å². The highest BCUT2D eigenvalue weighted by Crippen LogP contribution is 2.37. The van der Waals surface area contributed by atoms with E-state index in [-0.39, 0.29) is 12.8 Å². The third-order valence-electron chi connectivity index (χ3n) is 12.5. The van der Waals surface area contributed by atoms with Gasteiger partial charge in [-0.3, -0.25) is 38.4 Å². The van der Waals surface area contributed by atoms with Crippen LogP contribution in [0.2, 0.25) is 0 Å². The van der Waals surface area contributed by atoms with Gasteiger partial charge in [0.1, 0.15) is 36.3 Å². The summed E-state index contributed by atoms with van der Waals surface area (Å²) in [5.74, 6) is -10.7. The molecule has 4 aromatic rings. The van der Waals surface area contributed by atoms with Gasteiger partial charge in [0.05, 0.1) is 6.42 Å². The Hall–Kier alpha value is -7.57. The van der Waals surface area contributed by atoms with Crippen LogP contribution in [-0.2, 0) is 62.4 Å². The summed E-state index contributed by atoms with van der Waals surface area (Å²) in [4.78, 5) is 123. The number of rotatable bonds is 23. The van der Waals surface area contributed by atoms with Crippen molar-refractivity contribution in [3.8, 4) is 0 Å². The second-order valence-electron chi connectivity index (χ2n) is 17.8. The lowest BCUT2D eigenvalue weighted by atomic mass is 9.82. The van der Waals surface area contributed by atoms with Crippen LogP contribution in [0.3, 0.4) is 0 Å². The summed E-state index contributed by atoms with van der Waals surface area (Å²) >= 11 is 0. The molecule has 11 N–H and O–H groups in total. The molecule has 0 fully saturated rings. The molecule has 19 heteroatoms. The van der Waals surface area contributed by atoms with Crippen LogP contribution in [0.4, 0.5) is 0 Å². The van der Waals surface area contributed by atoms with Crippen molar-refractivity contribution in [3.63, 3.8) is 0 Å². The summed E-state index contributed by atoms with van der Waals surface area (Å²) in [6, 6.07) is 13.5. The molecular weight excluding hydrogens is 889 g/mol. The average Bonchev–Trinajstić information content (AvgIpc) is 3.63. The lowest BCUT2D eigenvalue weighted by Crippen LogP contribution is -2.61. The summed E-state index contributed by atoms with van der Waals surface area (Å²) in [7, 11) is 0. The van der Waals surface area contributed by atoms with Gasteiger partial charge in [0.15, 0.2) is 0 Å². The van der Waals surface area contributed by atoms with Crippen molar-refractivity contribution >= 4 is 64.2 Å². The maximum absolute atomic E-state index is 14.5. The number of aliphatic carboxylic acids is 2. The number of benzene rings is 3. The van der Waals surface area contributed by atoms with E-state index in [1.807, 2.05) is 66.7 Å². The topological polar surface area (TPSA) is 308 Å². The number of carbonyl (C=O) groups excluding carboxylic acids is 7. The van der Waals surface area contributed by atoms with Gasteiger partial charge in [-0.15, -0.1) is 0 Å². The molecule has 19 nitrogen and oxygen atoms in total. The fourth-order valence-corrected chi connectivity index (χ4v) is 8.63. The largest absolute Gasteiger partial charge is 0.481 e. The van der Waals surface area contributed by atoms with Crippen LogP contribution < -0.4 is 37.6 Å². The van der Waals surface area contributed by atoms with Crippen LogP contribution in [0.1, 0.15) is 94.0 Å². The molecule has 1 aliphatic rings. The first-order valence-corrected chi connectivity index (χ1v) is 23.0. The molecule has 0 saturated heterocycles. The van der Waals surface area contributed by atoms with Crippen LogP contribution in [0.5, 0.6) is 0 Å². The standard InChI is InChI=1S/C50H62N8O11/c1-6-27(4)43(48(66)56-38(50(68)69)23-31-25-52-35-18-12-11-15-32(31)35)58-47(65)42(26(2)3)57-46(64)37(24-40(61)62)55-45(63)36(21-22-39(51)60)54-49(67)44(53-28(5)59)41-33-16-9-7-13-29(33)19-20-30-14-8-10-17-34(30)41/h7-18,25-27,36-38,41-44,52H,6,19-24H2,1-5H3,(H2,51,60)(H,53,59)(H,54,67)(H,55,63)(H,56,66)(H,57,64)(H,58,65)(H,61,62)(H,68,69)/t27-,36-,37-,38-,42-,43-,44+/m0/s1. The molecule has 7 amide bonds. The molecule has 3 aromatic carbocycles. The van der Waals surface area contributed by atoms with E-state index >= 15 is 0 Å². The zero-order valence-corrected chi connectivity index (χ0v) is 39.3. The number of aromatic amines is 1. The lowest BCUT2D eigenvalue weighted by molar-refractivity contribution is -0.142. The van der Waals surface area contributed by atoms with Gasteiger partial charge in [-0.2, -0.15) is 0 Å². The normalized spacial score (nSPS) is 15.3. The number of aryl methyl sites for hydroxylation is 2. The molecule has 69 heavy (non-hydrogen) atoms. The Kier molecular flexibility index (Phi) is 18.2. The van der Waals surface area contributed by atoms with Gasteiger partial charge in [0.25, 0.3) is 0 Å². The molecule has 368 valence electrons. The SMILES string of the molecule is CC[C@H](C)[C@H](NC(=O)[C@@H](NC(=O)[C@H](CC(=O)O)NC(=O)[C@H](CCC(N)=O)NC(=O)[C@H](NC(C)=O)C1c2ccccc2CCc2ccccc21)C(C)C)C(=O)N[C@@H](Cc1c[nH]c2ccccc12)C(=O)O. The number of carboxylic acids is 2. The number of amides is 7. The number of nitrogens with one attached hydrogen (secondary N) is 7. The van der Waals surface area contributed by atoms with Gasteiger partial charge in [0.2, 0.25) is 41.4 Å². The maximum atomic E-state index is 14.5. The number of nitrogens with two attached hydrogens (primary N) is 1. The fourth-order valence-electron chi connectivity index (χ4n) is 8.63. The van der Waals surface area contributed by atoms with Crippen molar-refractivity contribution in [2.24, 2.45) is 17.6 Å². The molecular formula is C50H62N8O11. The van der Waals surface area contributed by atoms with Crippen LogP contribution in [-0.4, -0.2) is 105 Å². The van der Waals surface area contributed by atoms with E-state index in [4.69, 9.17) is 5.73 Å². The molecule has 0 bridgehead atoms. The Labute approximate surface area is 399 Å². The molecule has 7 atom stereocenters. The van der Waals surface area contributed by atoms with Crippen LogP contribution in [0.15, 0.2) is 79.0 Å². The smallest absolute Gasteiger partial charge is 0.326 e. The van der Waals surface area contributed by atoms with Gasteiger partial charge < -0.3 is 52.8 Å². The van der Waals surface area contributed by atoms with Crippen LogP contribution in [0, 0.1) is 11.8 Å². The van der Waals surface area contributed by atoms with Gasteiger partial charge >= 0.3 is 11.9 Å². The minimum absolute atomic E-state index is 0.0693. The Balaban J connectivity index is 1.35. The molecule has 1 aliphatic carbocycles. The number of hydrogen-bond donors (Lipinski definition) is 10. The van der Waals surface area contributed by atoms with Crippen molar-refractivity contribution < 1.29 is 53.4 Å². The van der Waals surface area contributed by atoms with Crippen molar-refractivity contribution in [3.05, 3.63) is 107 Å². The summed E-state index contributed by atoms with van der Waals surface area (Å²) in [6.45, 7) is 7.87. The third-order valence-corrected chi connectivity index (χ3v) is 12.5. The number of hydrogen-bond acceptors (Lipinski definition) is 9. The maximum Gasteiger partial charge on any atom is 0.326 e. The van der Waals surface area contributed by atoms with Gasteiger partial charge in [-0.1, -0.05) is 101 Å². The zero-order chi connectivity index (χ0) is 50.5. The summed E-state index contributed by atoms with van der Waals surface area (Å²) in [6.07, 6.45) is 1.52. The first kappa shape index (κ1) is 52.4. The highest BCUT2D eigenvalue weighted by Gasteiger charge is 2.39. The van der Waals surface area contributed by atoms with Crippen molar-refractivity contribution in [1.82, 2.24) is 36.9 Å². The molecule has 1 aromatic heterocycles. The van der Waals surface area contributed by atoms with Gasteiger partial charge in [0, 0.05) is 42.8 Å². The number of para-hydroxylation sites is 1. The van der Waals surface area contributed by atoms with E-state index in [1.54, 1.807) is 40.0 Å². The zero-order valence-electron chi connectivity index (χ0n) is 39.3. The second-order valence-corrected chi connectivity index (χ2v) is 17.8. The molecule has 0 spiro atoms. The minimum atomic E-state index is -1.83. The molecule has 0 radical (unpaired) electrons. The number of fused-ring (bicyclic) bond motifs is 3. The summed E-state index contributed by atoms with van der Waals surface area (Å²) in [5, 5.41) is 36.2. The second kappa shape index (κ2) is 23.9. The van der Waals surface area contributed by atoms with Gasteiger partial charge in [-0.05, 0) is 65.0 Å². The minimum Gasteiger partial charge on any atom is -0.481 e. The van der Waals surface area contributed by atoms with E-state index in [0.717, 1.165) is 33.2 Å². The predicted molar refractivity (Wildman–Crippen MR) is 254 cm³/mol. The Morgan fingerprint density at radius 1 is 0.667 bits per heavy atom. The Morgan fingerprint density at radius 2 is 1.20 bits per heavy atom. The molecule has 0 saturated carbocycles. The van der Waals surface area contributed by atoms with Gasteiger partial charge in [-0.25, -0.2) is 4.79 Å². The lowest BCUT2D eigenvalue weighted by Gasteiger charge is -2.31. The molecule has 0 aliphatic heterocycles. The number of carboxylic acid groups (broad SMARTS) is 2. The summed E-state index contributed by atoms with van der Waals surface area (Å²) < 4.78 is 0. The monoisotopic (exact) mass is 950 g/mol. The van der Waals surface area contributed by atoms with Crippen molar-refractivity contribution in [2.45, 2.75) is 122 Å². The molecule has 5 rings (SSSR count). The third kappa shape index (κ3) is 13.8.